The minimum atomic E-state index is 0.966. The summed E-state index contributed by atoms with van der Waals surface area (Å²) in [5.41, 5.74) is 14.6. The van der Waals surface area contributed by atoms with Crippen molar-refractivity contribution in [3.8, 4) is 44.5 Å². The summed E-state index contributed by atoms with van der Waals surface area (Å²) in [4.78, 5) is 4.95. The van der Waals surface area contributed by atoms with Crippen LogP contribution in [0.15, 0.2) is 181 Å². The van der Waals surface area contributed by atoms with E-state index in [1.165, 1.54) is 38.9 Å². The predicted molar refractivity (Wildman–Crippen MR) is 214 cm³/mol. The van der Waals surface area contributed by atoms with Gasteiger partial charge in [-0.15, -0.1) is 0 Å². The Balaban J connectivity index is 1.27. The molecule has 0 fully saturated rings. The Kier molecular flexibility index (Phi) is 10.2. The van der Waals surface area contributed by atoms with Gasteiger partial charge in [0.05, 0.1) is 0 Å². The van der Waals surface area contributed by atoms with Crippen LogP contribution in [-0.2, 0) is 0 Å². The summed E-state index contributed by atoms with van der Waals surface area (Å²) < 4.78 is 0. The topological polar surface area (TPSA) is 12.4 Å². The van der Waals surface area contributed by atoms with E-state index in [9.17, 15) is 0 Å². The molecule has 0 amide bonds. The summed E-state index contributed by atoms with van der Waals surface area (Å²) >= 11 is 0. The molecule has 0 spiro atoms. The van der Waals surface area contributed by atoms with Gasteiger partial charge >= 0.3 is 0 Å². The summed E-state index contributed by atoms with van der Waals surface area (Å²) in [6, 6.07) is 51.7. The summed E-state index contributed by atoms with van der Waals surface area (Å²) in [6.45, 7) is 14.6. The maximum Gasteiger partial charge on any atom is 0.0454 e. The molecule has 0 radical (unpaired) electrons. The highest BCUT2D eigenvalue weighted by Gasteiger charge is 2.08. The normalized spacial score (nSPS) is 12.4. The van der Waals surface area contributed by atoms with E-state index in [-0.39, 0.29) is 0 Å². The molecule has 49 heavy (non-hydrogen) atoms. The molecule has 0 saturated heterocycles. The maximum absolute atomic E-state index is 4.95. The van der Waals surface area contributed by atoms with Crippen LogP contribution in [0.1, 0.15) is 31.9 Å². The molecule has 1 heteroatoms. The highest BCUT2D eigenvalue weighted by Crippen LogP contribution is 2.32. The summed E-state index contributed by atoms with van der Waals surface area (Å²) in [5.74, 6) is 0. The van der Waals surface area contributed by atoms with Gasteiger partial charge in [0.2, 0.25) is 0 Å². The first-order valence-electron chi connectivity index (χ1n) is 16.7. The van der Waals surface area contributed by atoms with Gasteiger partial charge in [-0.3, -0.25) is 4.99 Å². The predicted octanol–water partition coefficient (Wildman–Crippen LogP) is 11.5. The van der Waals surface area contributed by atoms with Crippen molar-refractivity contribution in [1.82, 2.24) is 0 Å². The third kappa shape index (κ3) is 7.92. The number of rotatable bonds is 9. The SMILES string of the molecule is C=C(/C=C\C=C/C)c1cccc(-c2cccc(-c3cccc(-c4cccc(-c5cccc(/C(C)=N/C(C)=c6\ccccc6=C)c5)c4)c3)c2)c1. The quantitative estimate of drug-likeness (QED) is 0.111. The lowest BCUT2D eigenvalue weighted by Gasteiger charge is -2.11. The fourth-order valence-corrected chi connectivity index (χ4v) is 6.09. The van der Waals surface area contributed by atoms with E-state index in [2.05, 4.69) is 147 Å². The van der Waals surface area contributed by atoms with Crippen molar-refractivity contribution in [1.29, 1.82) is 0 Å². The molecule has 0 saturated carbocycles. The number of hydrogen-bond donors (Lipinski definition) is 0. The van der Waals surface area contributed by atoms with Crippen molar-refractivity contribution in [2.24, 2.45) is 4.99 Å². The van der Waals surface area contributed by atoms with E-state index in [0.717, 1.165) is 44.1 Å². The van der Waals surface area contributed by atoms with Gasteiger partial charge in [0.25, 0.3) is 0 Å². The Labute approximate surface area is 291 Å². The molecule has 0 aliphatic heterocycles. The largest absolute Gasteiger partial charge is 0.257 e. The maximum atomic E-state index is 4.95. The van der Waals surface area contributed by atoms with Crippen LogP contribution >= 0.6 is 0 Å². The van der Waals surface area contributed by atoms with E-state index in [4.69, 9.17) is 4.99 Å². The Morgan fingerprint density at radius 1 is 0.510 bits per heavy atom. The third-order valence-corrected chi connectivity index (χ3v) is 8.78. The molecule has 0 aliphatic carbocycles. The van der Waals surface area contributed by atoms with Gasteiger partial charge in [-0.05, 0) is 118 Å². The van der Waals surface area contributed by atoms with Gasteiger partial charge in [0.1, 0.15) is 0 Å². The van der Waals surface area contributed by atoms with E-state index in [0.29, 0.717) is 0 Å². The number of benzene rings is 6. The average molecular weight is 632 g/mol. The lowest BCUT2D eigenvalue weighted by Crippen LogP contribution is -2.24. The fraction of sp³-hybridized carbons (Fsp3) is 0.0625. The molecule has 0 unspecified atom stereocenters. The highest BCUT2D eigenvalue weighted by molar-refractivity contribution is 6.01. The molecule has 0 atom stereocenters. The molecule has 238 valence electrons. The van der Waals surface area contributed by atoms with Gasteiger partial charge < -0.3 is 0 Å². The van der Waals surface area contributed by atoms with Crippen molar-refractivity contribution >= 4 is 23.6 Å². The van der Waals surface area contributed by atoms with Crippen molar-refractivity contribution in [2.75, 3.05) is 0 Å². The lowest BCUT2D eigenvalue weighted by atomic mass is 9.94. The van der Waals surface area contributed by atoms with Crippen LogP contribution in [0.3, 0.4) is 0 Å². The Morgan fingerprint density at radius 3 is 1.43 bits per heavy atom. The second kappa shape index (κ2) is 15.2. The summed E-state index contributed by atoms with van der Waals surface area (Å²) in [7, 11) is 0. The molecule has 6 aromatic rings. The minimum absolute atomic E-state index is 0.966. The van der Waals surface area contributed by atoms with Crippen LogP contribution in [-0.4, -0.2) is 5.71 Å². The van der Waals surface area contributed by atoms with E-state index in [1.807, 2.05) is 56.4 Å². The van der Waals surface area contributed by atoms with Gasteiger partial charge in [0.15, 0.2) is 0 Å². The number of hydrogen-bond acceptors (Lipinski definition) is 1. The molecular formula is C48H41N. The van der Waals surface area contributed by atoms with Crippen molar-refractivity contribution in [3.05, 3.63) is 198 Å². The summed E-state index contributed by atoms with van der Waals surface area (Å²) in [5, 5.41) is 2.06. The van der Waals surface area contributed by atoms with Crippen molar-refractivity contribution < 1.29 is 0 Å². The standard InChI is InChI=1S/C48H41N/c1-6-7-8-16-34(2)38-18-11-20-40(29-38)42-22-13-24-44(31-42)46-26-15-27-47(33-46)45-25-14-23-43(32-45)41-21-12-19-39(30-41)36(4)49-37(5)48-28-10-9-17-35(48)3/h6-33H,2-3H2,1,4-5H3/b7-6-,16-8-,48-37+,49-36+. The van der Waals surface area contributed by atoms with Crippen LogP contribution in [0.5, 0.6) is 0 Å². The van der Waals surface area contributed by atoms with Gasteiger partial charge in [0, 0.05) is 16.6 Å². The minimum Gasteiger partial charge on any atom is -0.257 e. The van der Waals surface area contributed by atoms with Crippen molar-refractivity contribution in [2.45, 2.75) is 20.8 Å². The average Bonchev–Trinajstić information content (AvgIpc) is 3.15. The Bertz CT molecular complexity index is 2350. The molecule has 0 aromatic heterocycles. The van der Waals surface area contributed by atoms with Gasteiger partial charge in [-0.2, -0.15) is 0 Å². The first-order valence-corrected chi connectivity index (χ1v) is 16.7. The smallest absolute Gasteiger partial charge is 0.0454 e. The second-order valence-electron chi connectivity index (χ2n) is 12.3. The van der Waals surface area contributed by atoms with E-state index < -0.39 is 0 Å². The lowest BCUT2D eigenvalue weighted by molar-refractivity contribution is 1.38. The zero-order valence-electron chi connectivity index (χ0n) is 28.5. The Hall–Kier alpha value is -6.05. The Morgan fingerprint density at radius 2 is 0.939 bits per heavy atom. The molecule has 0 heterocycles. The van der Waals surface area contributed by atoms with Crippen LogP contribution in [0.25, 0.3) is 62.4 Å². The molecular weight excluding hydrogens is 591 g/mol. The molecule has 6 rings (SSSR count). The van der Waals surface area contributed by atoms with E-state index in [1.54, 1.807) is 0 Å². The zero-order chi connectivity index (χ0) is 34.2. The van der Waals surface area contributed by atoms with Crippen LogP contribution < -0.4 is 10.4 Å². The first kappa shape index (κ1) is 32.9. The molecule has 6 aromatic carbocycles. The molecule has 1 nitrogen and oxygen atoms in total. The third-order valence-electron chi connectivity index (χ3n) is 8.78. The van der Waals surface area contributed by atoms with Crippen LogP contribution in [0.2, 0.25) is 0 Å². The first-order chi connectivity index (χ1) is 23.9. The monoisotopic (exact) mass is 631 g/mol. The second-order valence-corrected chi connectivity index (χ2v) is 12.3. The highest BCUT2D eigenvalue weighted by atomic mass is 14.7. The van der Waals surface area contributed by atoms with Crippen LogP contribution in [0, 0.1) is 0 Å². The molecule has 0 N–H and O–H groups in total. The van der Waals surface area contributed by atoms with Crippen molar-refractivity contribution in [3.63, 3.8) is 0 Å². The zero-order valence-corrected chi connectivity index (χ0v) is 28.5. The fourth-order valence-electron chi connectivity index (χ4n) is 6.09. The summed E-state index contributed by atoms with van der Waals surface area (Å²) in [6.07, 6.45) is 8.11. The van der Waals surface area contributed by atoms with Gasteiger partial charge in [-0.1, -0.05) is 153 Å². The van der Waals surface area contributed by atoms with Crippen LogP contribution in [0.4, 0.5) is 0 Å². The number of aliphatic imine (C=N–C) groups is 1. The molecule has 0 aliphatic rings. The van der Waals surface area contributed by atoms with E-state index >= 15 is 0 Å². The molecule has 0 bridgehead atoms. The number of allylic oxidation sites excluding steroid dienone is 5. The number of nitrogens with zero attached hydrogens (tertiary/aromatic N) is 1. The van der Waals surface area contributed by atoms with Gasteiger partial charge in [-0.25, -0.2) is 0 Å².